The van der Waals surface area contributed by atoms with E-state index in [0.717, 1.165) is 0 Å². The molecular formula is C21H24N2O5. The molecule has 0 aliphatic heterocycles. The van der Waals surface area contributed by atoms with Crippen LogP contribution in [0.4, 0.5) is 5.69 Å². The number of carboxylic acid groups (broad SMARTS) is 1. The summed E-state index contributed by atoms with van der Waals surface area (Å²) in [5, 5.41) is 14.6. The fourth-order valence-corrected chi connectivity index (χ4v) is 2.66. The molecule has 0 saturated heterocycles. The smallest absolute Gasteiger partial charge is 0.326 e. The molecule has 28 heavy (non-hydrogen) atoms. The van der Waals surface area contributed by atoms with E-state index < -0.39 is 17.9 Å². The first-order valence-corrected chi connectivity index (χ1v) is 8.90. The maximum Gasteiger partial charge on any atom is 0.326 e. The second-order valence-corrected chi connectivity index (χ2v) is 6.72. The first-order valence-electron chi connectivity index (χ1n) is 8.90. The number of benzene rings is 2. The molecule has 0 aliphatic carbocycles. The average Bonchev–Trinajstić information content (AvgIpc) is 2.67. The van der Waals surface area contributed by atoms with Crippen LogP contribution in [0.15, 0.2) is 48.5 Å². The minimum absolute atomic E-state index is 0.103. The van der Waals surface area contributed by atoms with E-state index in [1.807, 2.05) is 13.8 Å². The van der Waals surface area contributed by atoms with Crippen molar-refractivity contribution in [2.45, 2.75) is 26.3 Å². The normalized spacial score (nSPS) is 11.6. The number of carbonyl (C=O) groups excluding carboxylic acids is 2. The maximum atomic E-state index is 12.6. The Hall–Kier alpha value is -3.35. The van der Waals surface area contributed by atoms with E-state index >= 15 is 0 Å². The van der Waals surface area contributed by atoms with Gasteiger partial charge in [-0.25, -0.2) is 4.79 Å². The molecule has 148 valence electrons. The van der Waals surface area contributed by atoms with Crippen molar-refractivity contribution in [1.82, 2.24) is 5.32 Å². The second-order valence-electron chi connectivity index (χ2n) is 6.72. The van der Waals surface area contributed by atoms with E-state index in [-0.39, 0.29) is 17.4 Å². The minimum Gasteiger partial charge on any atom is -0.497 e. The lowest BCUT2D eigenvalue weighted by molar-refractivity contribution is -0.139. The summed E-state index contributed by atoms with van der Waals surface area (Å²) in [4.78, 5) is 36.5. The van der Waals surface area contributed by atoms with Gasteiger partial charge < -0.3 is 20.5 Å². The third-order valence-corrected chi connectivity index (χ3v) is 4.08. The lowest BCUT2D eigenvalue weighted by Crippen LogP contribution is -2.41. The van der Waals surface area contributed by atoms with Crippen LogP contribution < -0.4 is 15.4 Å². The van der Waals surface area contributed by atoms with Crippen LogP contribution >= 0.6 is 0 Å². The Bertz CT molecular complexity index is 846. The summed E-state index contributed by atoms with van der Waals surface area (Å²) in [7, 11) is 1.54. The van der Waals surface area contributed by atoms with Gasteiger partial charge in [0.1, 0.15) is 11.8 Å². The van der Waals surface area contributed by atoms with E-state index in [2.05, 4.69) is 10.6 Å². The van der Waals surface area contributed by atoms with Crippen LogP contribution in [0.1, 0.15) is 41.0 Å². The van der Waals surface area contributed by atoms with Crippen molar-refractivity contribution in [3.05, 3.63) is 59.7 Å². The van der Waals surface area contributed by atoms with Gasteiger partial charge >= 0.3 is 5.97 Å². The number of nitrogens with one attached hydrogen (secondary N) is 2. The highest BCUT2D eigenvalue weighted by Gasteiger charge is 2.23. The van der Waals surface area contributed by atoms with Crippen LogP contribution in [0.5, 0.6) is 5.75 Å². The van der Waals surface area contributed by atoms with Gasteiger partial charge in [0, 0.05) is 5.56 Å². The van der Waals surface area contributed by atoms with E-state index in [1.165, 1.54) is 13.2 Å². The molecule has 0 radical (unpaired) electrons. The third-order valence-electron chi connectivity index (χ3n) is 4.08. The summed E-state index contributed by atoms with van der Waals surface area (Å²) in [5.74, 6) is -1.31. The molecule has 0 bridgehead atoms. The lowest BCUT2D eigenvalue weighted by atomic mass is 10.0. The van der Waals surface area contributed by atoms with Gasteiger partial charge in [0.05, 0.1) is 18.4 Å². The molecule has 7 heteroatoms. The Morgan fingerprint density at radius 2 is 1.64 bits per heavy atom. The molecule has 0 aliphatic rings. The summed E-state index contributed by atoms with van der Waals surface area (Å²) < 4.78 is 5.07. The van der Waals surface area contributed by atoms with Crippen molar-refractivity contribution in [1.29, 1.82) is 0 Å². The topological polar surface area (TPSA) is 105 Å². The maximum absolute atomic E-state index is 12.6. The first kappa shape index (κ1) is 21.0. The van der Waals surface area contributed by atoms with Crippen LogP contribution in [-0.2, 0) is 4.79 Å². The summed E-state index contributed by atoms with van der Waals surface area (Å²) >= 11 is 0. The Labute approximate surface area is 163 Å². The van der Waals surface area contributed by atoms with Gasteiger partial charge in [-0.1, -0.05) is 26.0 Å². The number of anilines is 1. The highest BCUT2D eigenvalue weighted by Crippen LogP contribution is 2.18. The van der Waals surface area contributed by atoms with Crippen LogP contribution in [0, 0.1) is 5.92 Å². The van der Waals surface area contributed by atoms with Crippen molar-refractivity contribution in [3.63, 3.8) is 0 Å². The van der Waals surface area contributed by atoms with Crippen LogP contribution in [-0.4, -0.2) is 36.0 Å². The zero-order valence-corrected chi connectivity index (χ0v) is 16.1. The Morgan fingerprint density at radius 1 is 1.00 bits per heavy atom. The van der Waals surface area contributed by atoms with Crippen LogP contribution in [0.3, 0.4) is 0 Å². The van der Waals surface area contributed by atoms with Gasteiger partial charge in [-0.3, -0.25) is 9.59 Å². The number of methoxy groups -OCH3 is 1. The lowest BCUT2D eigenvalue weighted by Gasteiger charge is -2.18. The van der Waals surface area contributed by atoms with Gasteiger partial charge in [0.25, 0.3) is 11.8 Å². The second kappa shape index (κ2) is 9.55. The quantitative estimate of drug-likeness (QED) is 0.648. The fourth-order valence-electron chi connectivity index (χ4n) is 2.66. The van der Waals surface area contributed by atoms with Crippen molar-refractivity contribution >= 4 is 23.5 Å². The summed E-state index contributed by atoms with van der Waals surface area (Å²) in [6, 6.07) is 12.0. The molecule has 3 N–H and O–H groups in total. The molecule has 0 spiro atoms. The standard InChI is InChI=1S/C21H24N2O5/c1-13(2)12-18(21(26)27)23-20(25)16-6-4-5-7-17(16)22-19(24)14-8-10-15(28-3)11-9-14/h4-11,13,18H,12H2,1-3H3,(H,22,24)(H,23,25)(H,26,27)/t18-/m0/s1. The van der Waals surface area contributed by atoms with Gasteiger partial charge in [-0.2, -0.15) is 0 Å². The number of para-hydroxylation sites is 1. The van der Waals surface area contributed by atoms with Crippen LogP contribution in [0.25, 0.3) is 0 Å². The molecule has 2 aromatic rings. The number of rotatable bonds is 8. The molecule has 2 rings (SSSR count). The molecule has 0 heterocycles. The Kier molecular flexibility index (Phi) is 7.14. The zero-order chi connectivity index (χ0) is 20.7. The SMILES string of the molecule is COc1ccc(C(=O)Nc2ccccc2C(=O)N[C@@H](CC(C)C)C(=O)O)cc1. The van der Waals surface area contributed by atoms with E-state index in [4.69, 9.17) is 4.74 Å². The molecule has 1 atom stereocenters. The predicted molar refractivity (Wildman–Crippen MR) is 106 cm³/mol. The fraction of sp³-hybridized carbons (Fsp3) is 0.286. The molecular weight excluding hydrogens is 360 g/mol. The van der Waals surface area contributed by atoms with E-state index in [1.54, 1.807) is 42.5 Å². The number of aliphatic carboxylic acids is 1. The molecule has 0 aromatic heterocycles. The summed E-state index contributed by atoms with van der Waals surface area (Å²) in [6.45, 7) is 3.76. The number of carboxylic acids is 1. The highest BCUT2D eigenvalue weighted by atomic mass is 16.5. The largest absolute Gasteiger partial charge is 0.497 e. The predicted octanol–water partition coefficient (Wildman–Crippen LogP) is 3.18. The van der Waals surface area contributed by atoms with Gasteiger partial charge in [-0.05, 0) is 48.7 Å². The number of carbonyl (C=O) groups is 3. The highest BCUT2D eigenvalue weighted by molar-refractivity contribution is 6.09. The van der Waals surface area contributed by atoms with Gasteiger partial charge in [0.15, 0.2) is 0 Å². The zero-order valence-electron chi connectivity index (χ0n) is 16.1. The van der Waals surface area contributed by atoms with Crippen molar-refractivity contribution in [2.24, 2.45) is 5.92 Å². The molecule has 7 nitrogen and oxygen atoms in total. The minimum atomic E-state index is -1.10. The van der Waals surface area contributed by atoms with Gasteiger partial charge in [0.2, 0.25) is 0 Å². The Balaban J connectivity index is 2.17. The van der Waals surface area contributed by atoms with Crippen molar-refractivity contribution in [2.75, 3.05) is 12.4 Å². The number of hydrogen-bond donors (Lipinski definition) is 3. The summed E-state index contributed by atoms with van der Waals surface area (Å²) in [5.41, 5.74) is 0.896. The first-order chi connectivity index (χ1) is 13.3. The van der Waals surface area contributed by atoms with Crippen molar-refractivity contribution in [3.8, 4) is 5.75 Å². The van der Waals surface area contributed by atoms with E-state index in [9.17, 15) is 19.5 Å². The van der Waals surface area contributed by atoms with Crippen LogP contribution in [0.2, 0.25) is 0 Å². The monoisotopic (exact) mass is 384 g/mol. The number of ether oxygens (including phenoxy) is 1. The number of hydrogen-bond acceptors (Lipinski definition) is 4. The molecule has 0 fully saturated rings. The van der Waals surface area contributed by atoms with Gasteiger partial charge in [-0.15, -0.1) is 0 Å². The molecule has 2 aromatic carbocycles. The number of amides is 2. The third kappa shape index (κ3) is 5.57. The van der Waals surface area contributed by atoms with E-state index in [0.29, 0.717) is 23.4 Å². The summed E-state index contributed by atoms with van der Waals surface area (Å²) in [6.07, 6.45) is 0.307. The Morgan fingerprint density at radius 3 is 2.21 bits per heavy atom. The molecule has 0 unspecified atom stereocenters. The molecule has 0 saturated carbocycles. The average molecular weight is 384 g/mol. The van der Waals surface area contributed by atoms with Crippen molar-refractivity contribution < 1.29 is 24.2 Å². The molecule has 2 amide bonds.